The van der Waals surface area contributed by atoms with E-state index in [-0.39, 0.29) is 11.1 Å². The van der Waals surface area contributed by atoms with Crippen molar-refractivity contribution in [3.63, 3.8) is 0 Å². The van der Waals surface area contributed by atoms with Crippen LogP contribution in [0, 0.1) is 0 Å². The molecule has 0 spiro atoms. The molecule has 0 aliphatic rings. The first-order valence-electron chi connectivity index (χ1n) is 8.69. The number of pyridine rings is 1. The van der Waals surface area contributed by atoms with Gasteiger partial charge in [-0.05, 0) is 48.5 Å². The largest absolute Gasteiger partial charge is 0.438 e. The van der Waals surface area contributed by atoms with Crippen molar-refractivity contribution in [2.75, 3.05) is 5.32 Å². The number of anilines is 1. The van der Waals surface area contributed by atoms with Crippen molar-refractivity contribution in [2.24, 2.45) is 7.05 Å². The van der Waals surface area contributed by atoms with Gasteiger partial charge in [-0.3, -0.25) is 9.59 Å². The fourth-order valence-electron chi connectivity index (χ4n) is 2.59. The Kier molecular flexibility index (Phi) is 4.85. The van der Waals surface area contributed by atoms with Gasteiger partial charge in [0.15, 0.2) is 5.82 Å². The van der Waals surface area contributed by atoms with Crippen molar-refractivity contribution in [2.45, 2.75) is 0 Å². The Balaban J connectivity index is 1.42. The zero-order chi connectivity index (χ0) is 20.2. The molecule has 0 fully saturated rings. The van der Waals surface area contributed by atoms with Crippen molar-refractivity contribution in [1.82, 2.24) is 24.5 Å². The molecule has 4 aromatic rings. The van der Waals surface area contributed by atoms with Gasteiger partial charge in [0.05, 0.1) is 0 Å². The van der Waals surface area contributed by atoms with Crippen LogP contribution in [-0.4, -0.2) is 30.5 Å². The molecule has 3 heterocycles. The molecule has 9 heteroatoms. The van der Waals surface area contributed by atoms with Gasteiger partial charge in [0, 0.05) is 37.4 Å². The van der Waals surface area contributed by atoms with E-state index < -0.39 is 5.91 Å². The fourth-order valence-corrected chi connectivity index (χ4v) is 2.59. The van der Waals surface area contributed by atoms with Crippen LogP contribution in [0.4, 0.5) is 5.69 Å². The lowest BCUT2D eigenvalue weighted by atomic mass is 10.2. The standard InChI is InChI=1S/C20H16N6O3/c1-25-12-2-4-16(20(25)28)19(27)22-14-5-7-15(8-6-14)29-18-10-9-17(23-24-18)26-13-3-11-21-26/h2-13H,1H3,(H,22,27). The Bertz CT molecular complexity index is 1180. The molecule has 0 radical (unpaired) electrons. The maximum absolute atomic E-state index is 12.3. The Morgan fingerprint density at radius 2 is 1.83 bits per heavy atom. The molecule has 0 unspecified atom stereocenters. The predicted octanol–water partition coefficient (Wildman–Crippen LogP) is 2.41. The molecule has 1 N–H and O–H groups in total. The van der Waals surface area contributed by atoms with Crippen LogP contribution in [-0.2, 0) is 7.05 Å². The molecule has 0 saturated heterocycles. The second-order valence-electron chi connectivity index (χ2n) is 6.10. The Hall–Kier alpha value is -4.27. The van der Waals surface area contributed by atoms with Crippen molar-refractivity contribution in [1.29, 1.82) is 0 Å². The molecule has 29 heavy (non-hydrogen) atoms. The van der Waals surface area contributed by atoms with E-state index in [1.165, 1.54) is 10.6 Å². The normalized spacial score (nSPS) is 10.5. The number of benzene rings is 1. The van der Waals surface area contributed by atoms with Gasteiger partial charge in [-0.25, -0.2) is 4.68 Å². The number of nitrogens with zero attached hydrogens (tertiary/aromatic N) is 5. The number of ether oxygens (including phenoxy) is 1. The van der Waals surface area contributed by atoms with E-state index in [4.69, 9.17) is 4.74 Å². The molecule has 0 bridgehead atoms. The third-order valence-electron chi connectivity index (χ3n) is 4.07. The minimum Gasteiger partial charge on any atom is -0.438 e. The SMILES string of the molecule is Cn1cccc(C(=O)Nc2ccc(Oc3ccc(-n4cccn4)nn3)cc2)c1=O. The zero-order valence-electron chi connectivity index (χ0n) is 15.4. The maximum Gasteiger partial charge on any atom is 0.263 e. The number of rotatable bonds is 5. The molecule has 144 valence electrons. The molecule has 3 aromatic heterocycles. The molecular formula is C20H16N6O3. The van der Waals surface area contributed by atoms with E-state index >= 15 is 0 Å². The van der Waals surface area contributed by atoms with E-state index in [0.29, 0.717) is 23.1 Å². The Morgan fingerprint density at radius 3 is 2.52 bits per heavy atom. The third kappa shape index (κ3) is 4.03. The van der Waals surface area contributed by atoms with Crippen molar-refractivity contribution in [3.8, 4) is 17.4 Å². The second kappa shape index (κ2) is 7.77. The van der Waals surface area contributed by atoms with Crippen LogP contribution in [0.3, 0.4) is 0 Å². The van der Waals surface area contributed by atoms with Gasteiger partial charge in [-0.2, -0.15) is 5.10 Å². The van der Waals surface area contributed by atoms with E-state index in [2.05, 4.69) is 20.6 Å². The number of aryl methyl sites for hydroxylation is 1. The van der Waals surface area contributed by atoms with Crippen LogP contribution in [0.1, 0.15) is 10.4 Å². The van der Waals surface area contributed by atoms with Crippen LogP contribution >= 0.6 is 0 Å². The molecule has 9 nitrogen and oxygen atoms in total. The summed E-state index contributed by atoms with van der Waals surface area (Å²) in [4.78, 5) is 24.3. The highest BCUT2D eigenvalue weighted by atomic mass is 16.5. The van der Waals surface area contributed by atoms with Crippen molar-refractivity contribution >= 4 is 11.6 Å². The van der Waals surface area contributed by atoms with Gasteiger partial charge in [-0.1, -0.05) is 0 Å². The minimum absolute atomic E-state index is 0.0721. The van der Waals surface area contributed by atoms with Gasteiger partial charge in [-0.15, -0.1) is 10.2 Å². The molecule has 1 amide bonds. The van der Waals surface area contributed by atoms with Crippen LogP contribution in [0.15, 0.2) is 78.0 Å². The number of hydrogen-bond donors (Lipinski definition) is 1. The summed E-state index contributed by atoms with van der Waals surface area (Å²) >= 11 is 0. The van der Waals surface area contributed by atoms with Crippen molar-refractivity contribution < 1.29 is 9.53 Å². The van der Waals surface area contributed by atoms with E-state index in [9.17, 15) is 9.59 Å². The van der Waals surface area contributed by atoms with Gasteiger partial charge in [0.1, 0.15) is 11.3 Å². The molecule has 0 saturated carbocycles. The van der Waals surface area contributed by atoms with Gasteiger partial charge in [0.25, 0.3) is 11.5 Å². The monoisotopic (exact) mass is 388 g/mol. The maximum atomic E-state index is 12.3. The number of carbonyl (C=O) groups is 1. The van der Waals surface area contributed by atoms with Crippen molar-refractivity contribution in [3.05, 3.63) is 89.1 Å². The highest BCUT2D eigenvalue weighted by molar-refractivity contribution is 6.03. The van der Waals surface area contributed by atoms with E-state index in [1.807, 2.05) is 0 Å². The highest BCUT2D eigenvalue weighted by Gasteiger charge is 2.11. The van der Waals surface area contributed by atoms with Gasteiger partial charge >= 0.3 is 0 Å². The average Bonchev–Trinajstić information content (AvgIpc) is 3.27. The molecule has 0 aliphatic carbocycles. The number of aromatic nitrogens is 5. The minimum atomic E-state index is -0.472. The summed E-state index contributed by atoms with van der Waals surface area (Å²) in [6, 6.07) is 15.1. The number of hydrogen-bond acceptors (Lipinski definition) is 6. The molecule has 0 aliphatic heterocycles. The summed E-state index contributed by atoms with van der Waals surface area (Å²) in [5.74, 6) is 0.956. The van der Waals surface area contributed by atoms with Crippen LogP contribution in [0.5, 0.6) is 11.6 Å². The van der Waals surface area contributed by atoms with Gasteiger partial charge in [0.2, 0.25) is 5.88 Å². The smallest absolute Gasteiger partial charge is 0.263 e. The Labute approximate surface area is 165 Å². The zero-order valence-corrected chi connectivity index (χ0v) is 15.4. The summed E-state index contributed by atoms with van der Waals surface area (Å²) in [7, 11) is 1.59. The lowest BCUT2D eigenvalue weighted by Gasteiger charge is -2.08. The summed E-state index contributed by atoms with van der Waals surface area (Å²) in [6.45, 7) is 0. The lowest BCUT2D eigenvalue weighted by Crippen LogP contribution is -2.26. The van der Waals surface area contributed by atoms with E-state index in [1.54, 1.807) is 78.9 Å². The van der Waals surface area contributed by atoms with Crippen LogP contribution < -0.4 is 15.6 Å². The summed E-state index contributed by atoms with van der Waals surface area (Å²) < 4.78 is 8.60. The third-order valence-corrected chi connectivity index (χ3v) is 4.07. The van der Waals surface area contributed by atoms with Crippen LogP contribution in [0.25, 0.3) is 5.82 Å². The quantitative estimate of drug-likeness (QED) is 0.563. The second-order valence-corrected chi connectivity index (χ2v) is 6.10. The first-order valence-corrected chi connectivity index (χ1v) is 8.69. The molecule has 4 rings (SSSR count). The number of nitrogens with one attached hydrogen (secondary N) is 1. The summed E-state index contributed by atoms with van der Waals surface area (Å²) in [6.07, 6.45) is 5.01. The molecule has 0 atom stereocenters. The number of carbonyl (C=O) groups excluding carboxylic acids is 1. The fraction of sp³-hybridized carbons (Fsp3) is 0.0500. The summed E-state index contributed by atoms with van der Waals surface area (Å²) in [5.41, 5.74) is 0.248. The van der Waals surface area contributed by atoms with Crippen LogP contribution in [0.2, 0.25) is 0 Å². The summed E-state index contributed by atoms with van der Waals surface area (Å²) in [5, 5.41) is 14.9. The lowest BCUT2D eigenvalue weighted by molar-refractivity contribution is 0.102. The average molecular weight is 388 g/mol. The predicted molar refractivity (Wildman–Crippen MR) is 105 cm³/mol. The first kappa shape index (κ1) is 18.1. The molecule has 1 aromatic carbocycles. The highest BCUT2D eigenvalue weighted by Crippen LogP contribution is 2.21. The topological polar surface area (TPSA) is 104 Å². The first-order chi connectivity index (χ1) is 14.1. The van der Waals surface area contributed by atoms with E-state index in [0.717, 1.165) is 0 Å². The number of amides is 1. The molecular weight excluding hydrogens is 372 g/mol. The Morgan fingerprint density at radius 1 is 1.00 bits per heavy atom. The van der Waals surface area contributed by atoms with Gasteiger partial charge < -0.3 is 14.6 Å².